The lowest BCUT2D eigenvalue weighted by Crippen LogP contribution is -2.68. The number of carbonyl (C=O) groups excluding carboxylic acids is 3. The Hall–Kier alpha value is -2.21. The Morgan fingerprint density at radius 2 is 1.52 bits per heavy atom. The van der Waals surface area contributed by atoms with Gasteiger partial charge < -0.3 is 14.6 Å². The highest BCUT2D eigenvalue weighted by Gasteiger charge is 2.76. The second-order valence-electron chi connectivity index (χ2n) is 10.0. The smallest absolute Gasteiger partial charge is 0.333 e. The minimum Gasteiger partial charge on any atom is -0.454 e. The molecule has 4 aliphatic carbocycles. The number of fused-ring (bicyclic) bond motifs is 3. The van der Waals surface area contributed by atoms with Crippen LogP contribution in [0, 0.1) is 28.6 Å². The summed E-state index contributed by atoms with van der Waals surface area (Å²) in [4.78, 5) is 38.6. The van der Waals surface area contributed by atoms with Gasteiger partial charge in [-0.05, 0) is 57.9 Å². The van der Waals surface area contributed by atoms with Crippen LogP contribution in [-0.2, 0) is 23.9 Å². The van der Waals surface area contributed by atoms with Gasteiger partial charge in [-0.2, -0.15) is 0 Å². The zero-order chi connectivity index (χ0) is 23.5. The SMILES string of the molecule is C/C=C(/C)C(=O)O[C@@H]1[C@@H](O)C(C)(C)C2C3C(=O)C=C(C)[C@@H]2[C@@]3(C)[C@@H]1OC(=O)/C(C)=C\C. The van der Waals surface area contributed by atoms with E-state index in [4.69, 9.17) is 9.47 Å². The topological polar surface area (TPSA) is 89.9 Å². The van der Waals surface area contributed by atoms with Crippen LogP contribution >= 0.6 is 0 Å². The highest BCUT2D eigenvalue weighted by molar-refractivity contribution is 5.97. The third-order valence-electron chi connectivity index (χ3n) is 8.06. The molecule has 0 aromatic carbocycles. The summed E-state index contributed by atoms with van der Waals surface area (Å²) in [5, 5.41) is 11.5. The van der Waals surface area contributed by atoms with Crippen molar-refractivity contribution < 1.29 is 29.0 Å². The van der Waals surface area contributed by atoms with Crippen molar-refractivity contribution in [3.8, 4) is 0 Å². The van der Waals surface area contributed by atoms with E-state index in [1.807, 2.05) is 27.7 Å². The second kappa shape index (κ2) is 7.73. The predicted molar refractivity (Wildman–Crippen MR) is 116 cm³/mol. The minimum atomic E-state index is -1.11. The summed E-state index contributed by atoms with van der Waals surface area (Å²) in [7, 11) is 0. The molecule has 0 saturated heterocycles. The molecule has 0 aromatic rings. The highest BCUT2D eigenvalue weighted by Crippen LogP contribution is 2.72. The molecule has 31 heavy (non-hydrogen) atoms. The first-order valence-corrected chi connectivity index (χ1v) is 10.9. The molecular weight excluding hydrogens is 396 g/mol. The van der Waals surface area contributed by atoms with Crippen LogP contribution in [0.1, 0.15) is 55.4 Å². The number of hydrogen-bond donors (Lipinski definition) is 1. The van der Waals surface area contributed by atoms with E-state index >= 15 is 0 Å². The van der Waals surface area contributed by atoms with E-state index in [-0.39, 0.29) is 17.6 Å². The fourth-order valence-electron chi connectivity index (χ4n) is 6.04. The van der Waals surface area contributed by atoms with Gasteiger partial charge in [0.1, 0.15) is 12.2 Å². The number of rotatable bonds is 4. The number of carbonyl (C=O) groups is 3. The molecule has 170 valence electrons. The molecule has 1 N–H and O–H groups in total. The Balaban J connectivity index is 2.17. The number of aliphatic hydroxyl groups is 1. The van der Waals surface area contributed by atoms with Crippen LogP contribution in [0.15, 0.2) is 34.9 Å². The molecule has 3 saturated carbocycles. The van der Waals surface area contributed by atoms with Crippen LogP contribution < -0.4 is 0 Å². The van der Waals surface area contributed by atoms with E-state index in [0.717, 1.165) is 5.57 Å². The van der Waals surface area contributed by atoms with Gasteiger partial charge in [-0.25, -0.2) is 9.59 Å². The number of aliphatic hydroxyl groups excluding tert-OH is 1. The summed E-state index contributed by atoms with van der Waals surface area (Å²) >= 11 is 0. The maximum atomic E-state index is 13.1. The molecule has 0 spiro atoms. The first kappa shape index (κ1) is 23.5. The van der Waals surface area contributed by atoms with Gasteiger partial charge in [-0.3, -0.25) is 4.79 Å². The van der Waals surface area contributed by atoms with Gasteiger partial charge in [-0.15, -0.1) is 0 Å². The summed E-state index contributed by atoms with van der Waals surface area (Å²) in [5.74, 6) is -1.73. The number of ether oxygens (including phenoxy) is 2. The zero-order valence-electron chi connectivity index (χ0n) is 19.7. The number of esters is 2. The van der Waals surface area contributed by atoms with Crippen LogP contribution in [0.4, 0.5) is 0 Å². The lowest BCUT2D eigenvalue weighted by atomic mass is 9.37. The average Bonchev–Trinajstić information content (AvgIpc) is 2.78. The summed E-state index contributed by atoms with van der Waals surface area (Å²) in [6.07, 6.45) is 1.79. The summed E-state index contributed by atoms with van der Waals surface area (Å²) < 4.78 is 11.8. The van der Waals surface area contributed by atoms with Gasteiger partial charge in [0.05, 0.1) is 0 Å². The average molecular weight is 431 g/mol. The monoisotopic (exact) mass is 430 g/mol. The third kappa shape index (κ3) is 3.22. The molecule has 4 aliphatic rings. The van der Waals surface area contributed by atoms with Gasteiger partial charge >= 0.3 is 11.9 Å². The highest BCUT2D eigenvalue weighted by atomic mass is 16.6. The number of hydrogen-bond acceptors (Lipinski definition) is 6. The fourth-order valence-corrected chi connectivity index (χ4v) is 6.04. The van der Waals surface area contributed by atoms with E-state index < -0.39 is 47.0 Å². The Morgan fingerprint density at radius 1 is 1.00 bits per heavy atom. The Kier molecular flexibility index (Phi) is 5.85. The fraction of sp³-hybridized carbons (Fsp3) is 0.640. The van der Waals surface area contributed by atoms with Crippen molar-refractivity contribution in [1.82, 2.24) is 0 Å². The predicted octanol–water partition coefficient (Wildman–Crippen LogP) is 3.54. The summed E-state index contributed by atoms with van der Waals surface area (Å²) in [5.41, 5.74) is 0.227. The Morgan fingerprint density at radius 3 is 2.00 bits per heavy atom. The standard InChI is InChI=1S/C25H34O6/c1-9-12(3)22(28)30-19-20(27)24(6,7)18-16-14(5)11-15(26)17(18)25(16,8)21(19)31-23(29)13(4)10-2/h9-11,16-21,27H,1-8H3/b12-9-,13-10-/t16-,17?,18?,19+,20+,21+,25+/m0/s1. The molecule has 6 heteroatoms. The maximum Gasteiger partial charge on any atom is 0.333 e. The van der Waals surface area contributed by atoms with Crippen LogP contribution in [0.5, 0.6) is 0 Å². The van der Waals surface area contributed by atoms with Gasteiger partial charge in [0, 0.05) is 22.5 Å². The van der Waals surface area contributed by atoms with Gasteiger partial charge in [0.15, 0.2) is 11.9 Å². The lowest BCUT2D eigenvalue weighted by molar-refractivity contribution is -0.212. The Bertz CT molecular complexity index is 907. The van der Waals surface area contributed by atoms with Crippen LogP contribution in [-0.4, -0.2) is 41.1 Å². The molecule has 4 rings (SSSR count). The van der Waals surface area contributed by atoms with Crippen molar-refractivity contribution in [3.63, 3.8) is 0 Å². The van der Waals surface area contributed by atoms with Crippen LogP contribution in [0.2, 0.25) is 0 Å². The Labute approximate surface area is 184 Å². The molecule has 0 aromatic heterocycles. The van der Waals surface area contributed by atoms with Crippen molar-refractivity contribution in [3.05, 3.63) is 34.9 Å². The first-order chi connectivity index (χ1) is 14.3. The molecule has 7 atom stereocenters. The quantitative estimate of drug-likeness (QED) is 0.542. The van der Waals surface area contributed by atoms with E-state index in [1.54, 1.807) is 45.9 Å². The molecule has 0 heterocycles. The maximum absolute atomic E-state index is 13.1. The molecule has 0 amide bonds. The normalized spacial score (nSPS) is 39.1. The van der Waals surface area contributed by atoms with Crippen molar-refractivity contribution in [2.24, 2.45) is 28.6 Å². The van der Waals surface area contributed by atoms with Gasteiger partial charge in [0.2, 0.25) is 0 Å². The molecule has 6 nitrogen and oxygen atoms in total. The van der Waals surface area contributed by atoms with E-state index in [2.05, 4.69) is 0 Å². The van der Waals surface area contributed by atoms with Crippen molar-refractivity contribution in [2.75, 3.05) is 0 Å². The molecule has 0 radical (unpaired) electrons. The molecule has 0 aliphatic heterocycles. The zero-order valence-corrected chi connectivity index (χ0v) is 19.7. The van der Waals surface area contributed by atoms with E-state index in [0.29, 0.717) is 11.1 Å². The lowest BCUT2D eigenvalue weighted by Gasteiger charge is -2.65. The third-order valence-corrected chi connectivity index (χ3v) is 8.06. The minimum absolute atomic E-state index is 0.0202. The van der Waals surface area contributed by atoms with Crippen molar-refractivity contribution in [1.29, 1.82) is 0 Å². The number of allylic oxidation sites excluding steroid dienone is 4. The van der Waals surface area contributed by atoms with E-state index in [9.17, 15) is 19.5 Å². The molecule has 3 fully saturated rings. The van der Waals surface area contributed by atoms with Gasteiger partial charge in [-0.1, -0.05) is 38.5 Å². The van der Waals surface area contributed by atoms with Crippen LogP contribution in [0.25, 0.3) is 0 Å². The molecule has 4 bridgehead atoms. The molecular formula is C25H34O6. The largest absolute Gasteiger partial charge is 0.454 e. The number of ketones is 1. The van der Waals surface area contributed by atoms with Crippen LogP contribution in [0.3, 0.4) is 0 Å². The summed E-state index contributed by atoms with van der Waals surface area (Å²) in [6.45, 7) is 14.4. The molecule has 2 unspecified atom stereocenters. The second-order valence-corrected chi connectivity index (χ2v) is 10.0. The van der Waals surface area contributed by atoms with E-state index in [1.165, 1.54) is 0 Å². The summed E-state index contributed by atoms with van der Waals surface area (Å²) in [6, 6.07) is 0. The first-order valence-electron chi connectivity index (χ1n) is 10.9. The van der Waals surface area contributed by atoms with Crippen molar-refractivity contribution in [2.45, 2.75) is 73.7 Å². The van der Waals surface area contributed by atoms with Gasteiger partial charge in [0.25, 0.3) is 0 Å². The van der Waals surface area contributed by atoms with Crippen molar-refractivity contribution >= 4 is 17.7 Å².